The molecular weight excluding hydrogens is 454 g/mol. The number of aryl methyl sites for hydroxylation is 1. The third-order valence-electron chi connectivity index (χ3n) is 6.74. The van der Waals surface area contributed by atoms with Crippen molar-refractivity contribution in [2.75, 3.05) is 37.9 Å². The van der Waals surface area contributed by atoms with E-state index in [9.17, 15) is 13.2 Å². The highest BCUT2D eigenvalue weighted by Gasteiger charge is 2.27. The molecule has 2 fully saturated rings. The minimum absolute atomic E-state index is 0.0664. The largest absolute Gasteiger partial charge is 0.379 e. The van der Waals surface area contributed by atoms with E-state index in [0.29, 0.717) is 56.3 Å². The molecule has 2 aromatic heterocycles. The summed E-state index contributed by atoms with van der Waals surface area (Å²) in [5, 5.41) is 4.14. The number of nitrogens with zero attached hydrogens (tertiary/aromatic N) is 4. The monoisotopic (exact) mass is 483 g/mol. The van der Waals surface area contributed by atoms with Gasteiger partial charge in [0.15, 0.2) is 0 Å². The fraction of sp³-hybridized carbons (Fsp3) is 0.458. The lowest BCUT2D eigenvalue weighted by Crippen LogP contribution is -2.42. The summed E-state index contributed by atoms with van der Waals surface area (Å²) in [4.78, 5) is 23.0. The lowest BCUT2D eigenvalue weighted by atomic mass is 10.0. The Balaban J connectivity index is 1.52. The first-order valence-electron chi connectivity index (χ1n) is 11.6. The first-order valence-corrected chi connectivity index (χ1v) is 13.4. The Kier molecular flexibility index (Phi) is 6.13. The number of benzene rings is 1. The van der Waals surface area contributed by atoms with Crippen LogP contribution in [-0.2, 0) is 14.8 Å². The van der Waals surface area contributed by atoms with Gasteiger partial charge in [0.05, 0.1) is 18.9 Å². The molecule has 2 saturated heterocycles. The first kappa shape index (κ1) is 22.9. The smallest absolute Gasteiger partial charge is 0.260 e. The number of hydrogen-bond donors (Lipinski definition) is 1. The van der Waals surface area contributed by atoms with Gasteiger partial charge in [0.25, 0.3) is 5.56 Å². The molecule has 5 rings (SSSR count). The zero-order valence-electron chi connectivity index (χ0n) is 19.4. The maximum Gasteiger partial charge on any atom is 0.260 e. The topological polar surface area (TPSA) is 106 Å². The number of piperidine rings is 1. The summed E-state index contributed by atoms with van der Waals surface area (Å²) in [6.45, 7) is 4.02. The highest BCUT2D eigenvalue weighted by molar-refractivity contribution is 7.88. The van der Waals surface area contributed by atoms with Gasteiger partial charge in [0.2, 0.25) is 16.0 Å². The Morgan fingerprint density at radius 1 is 1.12 bits per heavy atom. The molecule has 4 heterocycles. The molecule has 3 aromatic rings. The average Bonchev–Trinajstić information content (AvgIpc) is 3.33. The van der Waals surface area contributed by atoms with Gasteiger partial charge < -0.3 is 10.1 Å². The Hall–Kier alpha value is -2.82. The fourth-order valence-corrected chi connectivity index (χ4v) is 5.71. The van der Waals surface area contributed by atoms with Gasteiger partial charge in [-0.1, -0.05) is 24.3 Å². The number of aromatic nitrogens is 3. The summed E-state index contributed by atoms with van der Waals surface area (Å²) in [6.07, 6.45) is 5.09. The number of nitrogens with one attached hydrogen (secondary N) is 1. The van der Waals surface area contributed by atoms with Crippen LogP contribution in [0.3, 0.4) is 0 Å². The van der Waals surface area contributed by atoms with Crippen LogP contribution in [0.5, 0.6) is 0 Å². The van der Waals surface area contributed by atoms with E-state index in [1.807, 2.05) is 37.3 Å². The molecule has 0 aliphatic carbocycles. The van der Waals surface area contributed by atoms with Gasteiger partial charge in [-0.25, -0.2) is 17.7 Å². The van der Waals surface area contributed by atoms with Crippen molar-refractivity contribution in [2.45, 2.75) is 38.3 Å². The summed E-state index contributed by atoms with van der Waals surface area (Å²) in [5.74, 6) is 0.445. The maximum atomic E-state index is 13.7. The first-order chi connectivity index (χ1) is 16.3. The second-order valence-corrected chi connectivity index (χ2v) is 11.1. The van der Waals surface area contributed by atoms with Crippen LogP contribution in [0.2, 0.25) is 0 Å². The Bertz CT molecular complexity index is 1370. The summed E-state index contributed by atoms with van der Waals surface area (Å²) in [6, 6.07) is 9.73. The molecule has 10 heteroatoms. The van der Waals surface area contributed by atoms with Gasteiger partial charge in [-0.3, -0.25) is 9.36 Å². The minimum Gasteiger partial charge on any atom is -0.379 e. The molecule has 0 saturated carbocycles. The van der Waals surface area contributed by atoms with Crippen LogP contribution >= 0.6 is 0 Å². The second-order valence-electron chi connectivity index (χ2n) is 9.12. The van der Waals surface area contributed by atoms with Gasteiger partial charge in [-0.2, -0.15) is 4.98 Å². The van der Waals surface area contributed by atoms with Gasteiger partial charge in [-0.15, -0.1) is 0 Å². The number of pyridine rings is 1. The summed E-state index contributed by atoms with van der Waals surface area (Å²) < 4.78 is 32.4. The van der Waals surface area contributed by atoms with E-state index in [1.165, 1.54) is 10.6 Å². The lowest BCUT2D eigenvalue weighted by Gasteiger charge is -2.30. The number of anilines is 1. The molecule has 0 spiro atoms. The molecule has 1 N–H and O–H groups in total. The molecule has 34 heavy (non-hydrogen) atoms. The van der Waals surface area contributed by atoms with Crippen molar-refractivity contribution in [1.29, 1.82) is 0 Å². The van der Waals surface area contributed by atoms with E-state index in [4.69, 9.17) is 9.72 Å². The van der Waals surface area contributed by atoms with Crippen LogP contribution in [0, 0.1) is 6.92 Å². The van der Waals surface area contributed by atoms with Crippen molar-refractivity contribution >= 4 is 27.0 Å². The van der Waals surface area contributed by atoms with Crippen LogP contribution in [0.15, 0.2) is 41.3 Å². The van der Waals surface area contributed by atoms with Crippen molar-refractivity contribution in [3.8, 4) is 11.1 Å². The zero-order valence-corrected chi connectivity index (χ0v) is 20.2. The third-order valence-corrected chi connectivity index (χ3v) is 8.04. The van der Waals surface area contributed by atoms with Gasteiger partial charge in [-0.05, 0) is 43.4 Å². The van der Waals surface area contributed by atoms with Gasteiger partial charge in [0.1, 0.15) is 5.65 Å². The van der Waals surface area contributed by atoms with Crippen LogP contribution in [0.25, 0.3) is 22.2 Å². The van der Waals surface area contributed by atoms with E-state index < -0.39 is 10.0 Å². The zero-order chi connectivity index (χ0) is 23.9. The maximum absolute atomic E-state index is 13.7. The summed E-state index contributed by atoms with van der Waals surface area (Å²) in [7, 11) is -3.18. The van der Waals surface area contributed by atoms with Crippen molar-refractivity contribution in [3.05, 3.63) is 52.4 Å². The highest BCUT2D eigenvalue weighted by atomic mass is 32.2. The Morgan fingerprint density at radius 2 is 1.88 bits per heavy atom. The predicted octanol–water partition coefficient (Wildman–Crippen LogP) is 2.56. The molecule has 0 bridgehead atoms. The number of rotatable bonds is 5. The highest BCUT2D eigenvalue weighted by Crippen LogP contribution is 2.28. The van der Waals surface area contributed by atoms with E-state index in [2.05, 4.69) is 10.3 Å². The van der Waals surface area contributed by atoms with E-state index in [-0.39, 0.29) is 17.6 Å². The summed E-state index contributed by atoms with van der Waals surface area (Å²) in [5.41, 5.74) is 3.08. The fourth-order valence-electron chi connectivity index (χ4n) is 4.84. The Labute approximate surface area is 198 Å². The quantitative estimate of drug-likeness (QED) is 0.594. The molecule has 9 nitrogen and oxygen atoms in total. The lowest BCUT2D eigenvalue weighted by molar-refractivity contribution is 0.186. The molecule has 2 aliphatic rings. The van der Waals surface area contributed by atoms with E-state index >= 15 is 0 Å². The molecule has 0 radical (unpaired) electrons. The minimum atomic E-state index is -3.18. The summed E-state index contributed by atoms with van der Waals surface area (Å²) >= 11 is 0. The molecule has 0 unspecified atom stereocenters. The molecule has 1 atom stereocenters. The van der Waals surface area contributed by atoms with Crippen LogP contribution in [0.4, 0.5) is 5.95 Å². The predicted molar refractivity (Wildman–Crippen MR) is 132 cm³/mol. The SMILES string of the molecule is Cc1ccccc1-c1cc2cnc(NC3CCN(S(C)(=O)=O)CC3)nc2n([C@H]2CCOC2)c1=O. The van der Waals surface area contributed by atoms with Crippen LogP contribution in [-0.4, -0.2) is 65.9 Å². The third kappa shape index (κ3) is 4.45. The van der Waals surface area contributed by atoms with E-state index in [1.54, 1.807) is 10.8 Å². The number of ether oxygens (including phenoxy) is 1. The Morgan fingerprint density at radius 3 is 2.56 bits per heavy atom. The van der Waals surface area contributed by atoms with Gasteiger partial charge in [0, 0.05) is 42.9 Å². The van der Waals surface area contributed by atoms with Crippen molar-refractivity contribution in [3.63, 3.8) is 0 Å². The standard InChI is InChI=1S/C24H29N5O4S/c1-16-5-3-4-6-20(16)21-13-17-14-25-24(26-18-7-10-28(11-8-18)34(2,31)32)27-22(17)29(23(21)30)19-9-12-33-15-19/h3-6,13-14,18-19H,7-12,15H2,1-2H3,(H,25,26,27)/t19-/m0/s1. The number of hydrogen-bond acceptors (Lipinski definition) is 7. The van der Waals surface area contributed by atoms with Gasteiger partial charge >= 0.3 is 0 Å². The molecular formula is C24H29N5O4S. The molecule has 1 aromatic carbocycles. The van der Waals surface area contributed by atoms with E-state index in [0.717, 1.165) is 22.9 Å². The van der Waals surface area contributed by atoms with Crippen molar-refractivity contribution < 1.29 is 13.2 Å². The van der Waals surface area contributed by atoms with Crippen LogP contribution < -0.4 is 10.9 Å². The van der Waals surface area contributed by atoms with Crippen molar-refractivity contribution in [1.82, 2.24) is 18.8 Å². The van der Waals surface area contributed by atoms with Crippen LogP contribution in [0.1, 0.15) is 30.9 Å². The van der Waals surface area contributed by atoms with Crippen molar-refractivity contribution in [2.24, 2.45) is 0 Å². The molecule has 180 valence electrons. The number of sulfonamides is 1. The average molecular weight is 484 g/mol. The molecule has 0 amide bonds. The normalized spacial score (nSPS) is 20.1. The molecule has 2 aliphatic heterocycles. The second kappa shape index (κ2) is 9.09. The number of fused-ring (bicyclic) bond motifs is 1.